The van der Waals surface area contributed by atoms with Gasteiger partial charge in [-0.2, -0.15) is 4.57 Å². The van der Waals surface area contributed by atoms with E-state index in [4.69, 9.17) is 0 Å². The average Bonchev–Trinajstić information content (AvgIpc) is 3.39. The Morgan fingerprint density at radius 1 is 0.897 bits per heavy atom. The molecule has 0 bridgehead atoms. The molecule has 0 atom stereocenters. The molecule has 29 heavy (non-hydrogen) atoms. The second-order valence-corrected chi connectivity index (χ2v) is 8.56. The Morgan fingerprint density at radius 3 is 2.69 bits per heavy atom. The van der Waals surface area contributed by atoms with E-state index in [9.17, 15) is 0 Å². The number of aryl methyl sites for hydroxylation is 1. The summed E-state index contributed by atoms with van der Waals surface area (Å²) in [7, 11) is 0. The third-order valence-electron chi connectivity index (χ3n) is 7.01. The second kappa shape index (κ2) is 4.55. The smallest absolute Gasteiger partial charge is 0.359 e. The quantitative estimate of drug-likeness (QED) is 0.289. The molecule has 0 spiro atoms. The van der Waals surface area contributed by atoms with Crippen molar-refractivity contribution in [1.29, 1.82) is 0 Å². The number of rotatable bonds is 0. The largest absolute Gasteiger partial charge is 0.427 e. The standard InChI is InChI=1S/C25H17BN3/c1-15-12-19-25-23-16(14-27(25)13-15)6-4-10-21(23)28-22-11-5-8-18-17-7-2-3-9-20(17)29(24(18)22)26(19)28/h2-13H,14H2,1H3/q+1. The fourth-order valence-corrected chi connectivity index (χ4v) is 6.08. The minimum absolute atomic E-state index is 0.164. The third kappa shape index (κ3) is 1.48. The molecule has 0 N–H and O–H groups in total. The molecule has 0 aliphatic carbocycles. The molecule has 5 heterocycles. The Bertz CT molecular complexity index is 1560. The van der Waals surface area contributed by atoms with E-state index < -0.39 is 0 Å². The van der Waals surface area contributed by atoms with Crippen molar-refractivity contribution in [1.82, 2.24) is 4.48 Å². The predicted octanol–water partition coefficient (Wildman–Crippen LogP) is 4.13. The maximum Gasteiger partial charge on any atom is 0.427 e. The Balaban J connectivity index is 1.62. The molecule has 0 amide bonds. The highest BCUT2D eigenvalue weighted by molar-refractivity contribution is 6.82. The molecule has 4 heteroatoms. The minimum atomic E-state index is 0.164. The number of fused-ring (bicyclic) bond motifs is 8. The summed E-state index contributed by atoms with van der Waals surface area (Å²) in [5.41, 5.74) is 12.3. The summed E-state index contributed by atoms with van der Waals surface area (Å²) in [6.45, 7) is 3.35. The number of nitrogens with zero attached hydrogens (tertiary/aromatic N) is 3. The first-order valence-corrected chi connectivity index (χ1v) is 10.3. The van der Waals surface area contributed by atoms with Crippen LogP contribution in [0.25, 0.3) is 33.1 Å². The zero-order valence-corrected chi connectivity index (χ0v) is 16.1. The SMILES string of the molecule is Cc1cc2c3[n+](c1)Cc1cccc(c1-3)N1B2n2c3ccccc3c3cccc1c32. The summed E-state index contributed by atoms with van der Waals surface area (Å²) < 4.78 is 5.03. The summed E-state index contributed by atoms with van der Waals surface area (Å²) in [6.07, 6.45) is 2.31. The van der Waals surface area contributed by atoms with Crippen molar-refractivity contribution in [2.45, 2.75) is 13.5 Å². The number of para-hydroxylation sites is 2. The first-order chi connectivity index (χ1) is 14.3. The number of hydrogen-bond acceptors (Lipinski definition) is 1. The van der Waals surface area contributed by atoms with Crippen LogP contribution >= 0.6 is 0 Å². The van der Waals surface area contributed by atoms with Crippen LogP contribution < -0.4 is 14.8 Å². The Morgan fingerprint density at radius 2 is 1.72 bits per heavy atom. The van der Waals surface area contributed by atoms with E-state index in [1.54, 1.807) is 0 Å². The molecule has 3 aliphatic rings. The zero-order valence-electron chi connectivity index (χ0n) is 16.1. The monoisotopic (exact) mass is 370 g/mol. The first-order valence-electron chi connectivity index (χ1n) is 10.3. The van der Waals surface area contributed by atoms with Crippen molar-refractivity contribution in [3.63, 3.8) is 0 Å². The van der Waals surface area contributed by atoms with E-state index in [1.165, 1.54) is 61.0 Å². The van der Waals surface area contributed by atoms with Gasteiger partial charge in [0.15, 0.2) is 12.7 Å². The van der Waals surface area contributed by atoms with Gasteiger partial charge in [0, 0.05) is 38.6 Å². The highest BCUT2D eigenvalue weighted by Gasteiger charge is 2.50. The lowest BCUT2D eigenvalue weighted by molar-refractivity contribution is -0.671. The summed E-state index contributed by atoms with van der Waals surface area (Å²) in [5.74, 6) is 0. The lowest BCUT2D eigenvalue weighted by Gasteiger charge is -2.31. The van der Waals surface area contributed by atoms with Crippen molar-refractivity contribution >= 4 is 45.6 Å². The van der Waals surface area contributed by atoms with Gasteiger partial charge in [0.05, 0.1) is 16.8 Å². The molecular formula is C25H17BN3+. The molecule has 0 saturated carbocycles. The van der Waals surface area contributed by atoms with Gasteiger partial charge in [0.1, 0.15) is 0 Å². The number of hydrogen-bond donors (Lipinski definition) is 0. The molecular weight excluding hydrogens is 353 g/mol. The van der Waals surface area contributed by atoms with Crippen LogP contribution in [-0.4, -0.2) is 11.5 Å². The maximum absolute atomic E-state index is 2.57. The van der Waals surface area contributed by atoms with Crippen LogP contribution in [0.1, 0.15) is 11.1 Å². The van der Waals surface area contributed by atoms with E-state index in [0.717, 1.165) is 6.54 Å². The number of aromatic nitrogens is 2. The minimum Gasteiger partial charge on any atom is -0.359 e. The second-order valence-electron chi connectivity index (χ2n) is 8.56. The van der Waals surface area contributed by atoms with Gasteiger partial charge in [0.25, 0.3) is 0 Å². The van der Waals surface area contributed by atoms with Crippen molar-refractivity contribution in [2.24, 2.45) is 0 Å². The van der Waals surface area contributed by atoms with Crippen molar-refractivity contribution in [3.05, 3.63) is 84.1 Å². The van der Waals surface area contributed by atoms with Gasteiger partial charge in [0.2, 0.25) is 5.69 Å². The third-order valence-corrected chi connectivity index (χ3v) is 7.01. The van der Waals surface area contributed by atoms with Crippen LogP contribution in [0, 0.1) is 6.92 Å². The fourth-order valence-electron chi connectivity index (χ4n) is 6.08. The predicted molar refractivity (Wildman–Crippen MR) is 118 cm³/mol. The van der Waals surface area contributed by atoms with Crippen molar-refractivity contribution in [2.75, 3.05) is 4.81 Å². The Hall–Kier alpha value is -3.53. The molecule has 3 aromatic carbocycles. The van der Waals surface area contributed by atoms with E-state index in [2.05, 4.69) is 93.7 Å². The average molecular weight is 370 g/mol. The fraction of sp³-hybridized carbons (Fsp3) is 0.0800. The number of benzene rings is 3. The lowest BCUT2D eigenvalue weighted by Crippen LogP contribution is -2.55. The van der Waals surface area contributed by atoms with Crippen molar-refractivity contribution in [3.8, 4) is 11.3 Å². The molecule has 0 saturated heterocycles. The van der Waals surface area contributed by atoms with Gasteiger partial charge in [-0.25, -0.2) is 0 Å². The van der Waals surface area contributed by atoms with E-state index >= 15 is 0 Å². The normalized spacial score (nSPS) is 14.8. The van der Waals surface area contributed by atoms with Gasteiger partial charge >= 0.3 is 6.98 Å². The van der Waals surface area contributed by atoms with Crippen LogP contribution in [0.5, 0.6) is 0 Å². The van der Waals surface area contributed by atoms with Gasteiger partial charge < -0.3 is 9.29 Å². The van der Waals surface area contributed by atoms with Crippen LogP contribution in [0.15, 0.2) is 72.9 Å². The van der Waals surface area contributed by atoms with Gasteiger partial charge in [-0.05, 0) is 31.2 Å². The molecule has 0 radical (unpaired) electrons. The molecule has 134 valence electrons. The topological polar surface area (TPSA) is 12.1 Å². The van der Waals surface area contributed by atoms with Gasteiger partial charge in [-0.3, -0.25) is 0 Å². The van der Waals surface area contributed by atoms with Crippen LogP contribution in [0.2, 0.25) is 0 Å². The van der Waals surface area contributed by atoms with Crippen LogP contribution in [0.3, 0.4) is 0 Å². The number of anilines is 2. The van der Waals surface area contributed by atoms with Crippen molar-refractivity contribution < 1.29 is 4.57 Å². The van der Waals surface area contributed by atoms with E-state index in [-0.39, 0.29) is 6.98 Å². The van der Waals surface area contributed by atoms with E-state index in [1.807, 2.05) is 0 Å². The molecule has 3 aliphatic heterocycles. The molecule has 2 aromatic heterocycles. The van der Waals surface area contributed by atoms with Crippen LogP contribution in [0.4, 0.5) is 11.4 Å². The maximum atomic E-state index is 2.57. The molecule has 0 unspecified atom stereocenters. The first kappa shape index (κ1) is 14.5. The van der Waals surface area contributed by atoms with Gasteiger partial charge in [-0.15, -0.1) is 0 Å². The van der Waals surface area contributed by atoms with E-state index in [0.29, 0.717) is 0 Å². The Labute approximate surface area is 168 Å². The highest BCUT2D eigenvalue weighted by atomic mass is 15.2. The van der Waals surface area contributed by atoms with Crippen LogP contribution in [-0.2, 0) is 6.54 Å². The zero-order chi connectivity index (χ0) is 18.9. The molecule has 5 aromatic rings. The molecule has 8 rings (SSSR count). The molecule has 0 fully saturated rings. The summed E-state index contributed by atoms with van der Waals surface area (Å²) >= 11 is 0. The highest BCUT2D eigenvalue weighted by Crippen LogP contribution is 2.49. The lowest BCUT2D eigenvalue weighted by atomic mass is 9.61. The summed E-state index contributed by atoms with van der Waals surface area (Å²) in [5, 5.41) is 2.70. The Kier molecular flexibility index (Phi) is 2.27. The number of pyridine rings is 1. The summed E-state index contributed by atoms with van der Waals surface area (Å²) in [4.78, 5) is 2.57. The molecule has 3 nitrogen and oxygen atoms in total. The van der Waals surface area contributed by atoms with Gasteiger partial charge in [-0.1, -0.05) is 42.5 Å². The summed E-state index contributed by atoms with van der Waals surface area (Å²) in [6, 6.07) is 24.9.